The van der Waals surface area contributed by atoms with Gasteiger partial charge >= 0.3 is 7.12 Å². The maximum Gasteiger partial charge on any atom is 0.494 e. The highest BCUT2D eigenvalue weighted by molar-refractivity contribution is 7.89. The summed E-state index contributed by atoms with van der Waals surface area (Å²) in [7, 11) is -4.07. The molecule has 3 rings (SSSR count). The van der Waals surface area contributed by atoms with E-state index in [1.54, 1.807) is 12.1 Å². The second kappa shape index (κ2) is 7.92. The predicted octanol–water partition coefficient (Wildman–Crippen LogP) is 2.38. The average Bonchev–Trinajstić information content (AvgIpc) is 2.89. The van der Waals surface area contributed by atoms with Crippen molar-refractivity contribution < 1.29 is 17.7 Å². The van der Waals surface area contributed by atoms with Crippen molar-refractivity contribution in [3.63, 3.8) is 0 Å². The molecule has 0 bridgehead atoms. The molecule has 6 nitrogen and oxygen atoms in total. The molecule has 1 heterocycles. The molecule has 0 amide bonds. The van der Waals surface area contributed by atoms with Crippen LogP contribution in [0, 0.1) is 11.3 Å². The molecule has 2 aromatic rings. The van der Waals surface area contributed by atoms with Gasteiger partial charge < -0.3 is 9.31 Å². The number of nitrogens with one attached hydrogen (secondary N) is 1. The largest absolute Gasteiger partial charge is 0.494 e. The van der Waals surface area contributed by atoms with Crippen LogP contribution in [0.1, 0.15) is 38.8 Å². The van der Waals surface area contributed by atoms with E-state index in [0.29, 0.717) is 12.0 Å². The molecule has 0 saturated carbocycles. The first-order chi connectivity index (χ1) is 13.5. The van der Waals surface area contributed by atoms with Crippen LogP contribution in [0.2, 0.25) is 0 Å². The third-order valence-electron chi connectivity index (χ3n) is 5.48. The highest BCUT2D eigenvalue weighted by atomic mass is 32.2. The fourth-order valence-corrected chi connectivity index (χ4v) is 4.04. The number of hydrogen-bond acceptors (Lipinski definition) is 5. The molecule has 0 unspecified atom stereocenters. The van der Waals surface area contributed by atoms with E-state index < -0.39 is 28.3 Å². The Morgan fingerprint density at radius 3 is 2.24 bits per heavy atom. The SMILES string of the molecule is CC1(C)OB(c2ccc(CCNS(=O)(=O)c3cccc(C#N)c3)cc2)OC1(C)C. The molecule has 1 aliphatic rings. The topological polar surface area (TPSA) is 88.4 Å². The summed E-state index contributed by atoms with van der Waals surface area (Å²) in [6, 6.07) is 15.7. The van der Waals surface area contributed by atoms with E-state index >= 15 is 0 Å². The van der Waals surface area contributed by atoms with E-state index in [2.05, 4.69) is 4.72 Å². The molecular formula is C21H25BN2O4S. The summed E-state index contributed by atoms with van der Waals surface area (Å²) >= 11 is 0. The Kier molecular flexibility index (Phi) is 5.88. The van der Waals surface area contributed by atoms with E-state index in [9.17, 15) is 8.42 Å². The van der Waals surface area contributed by atoms with Crippen LogP contribution in [-0.4, -0.2) is 33.3 Å². The van der Waals surface area contributed by atoms with Gasteiger partial charge in [-0.2, -0.15) is 5.26 Å². The van der Waals surface area contributed by atoms with Gasteiger partial charge in [0.1, 0.15) is 0 Å². The second-order valence-electron chi connectivity index (χ2n) is 8.12. The first-order valence-corrected chi connectivity index (χ1v) is 11.0. The van der Waals surface area contributed by atoms with Crippen molar-refractivity contribution in [3.05, 3.63) is 59.7 Å². The monoisotopic (exact) mass is 412 g/mol. The number of benzene rings is 2. The molecule has 0 aliphatic carbocycles. The van der Waals surface area contributed by atoms with Crippen LogP contribution in [0.5, 0.6) is 0 Å². The molecular weight excluding hydrogens is 387 g/mol. The zero-order valence-electron chi connectivity index (χ0n) is 17.1. The molecule has 1 N–H and O–H groups in total. The maximum absolute atomic E-state index is 12.4. The van der Waals surface area contributed by atoms with E-state index in [1.807, 2.05) is 58.0 Å². The van der Waals surface area contributed by atoms with Crippen molar-refractivity contribution in [2.45, 2.75) is 50.2 Å². The van der Waals surface area contributed by atoms with Crippen LogP contribution < -0.4 is 10.2 Å². The summed E-state index contributed by atoms with van der Waals surface area (Å²) in [5.41, 5.74) is 1.46. The van der Waals surface area contributed by atoms with Gasteiger partial charge in [0.25, 0.3) is 0 Å². The zero-order valence-corrected chi connectivity index (χ0v) is 17.9. The standard InChI is InChI=1S/C21H25BN2O4S/c1-20(2)21(3,4)28-22(27-20)18-10-8-16(9-11-18)12-13-24-29(25,26)19-7-5-6-17(14-19)15-23/h5-11,14,24H,12-13H2,1-4H3. The summed E-state index contributed by atoms with van der Waals surface area (Å²) in [5.74, 6) is 0. The summed E-state index contributed by atoms with van der Waals surface area (Å²) in [6.45, 7) is 8.31. The molecule has 0 spiro atoms. The number of nitrogens with zero attached hydrogens (tertiary/aromatic N) is 1. The zero-order chi connectivity index (χ0) is 21.3. The van der Waals surface area contributed by atoms with Crippen LogP contribution >= 0.6 is 0 Å². The van der Waals surface area contributed by atoms with Crippen molar-refractivity contribution in [1.82, 2.24) is 4.72 Å². The lowest BCUT2D eigenvalue weighted by atomic mass is 9.79. The third-order valence-corrected chi connectivity index (χ3v) is 6.94. The Hall–Kier alpha value is -2.18. The Labute approximate surface area is 173 Å². The molecule has 1 fully saturated rings. The maximum atomic E-state index is 12.4. The van der Waals surface area contributed by atoms with Crippen molar-refractivity contribution in [3.8, 4) is 6.07 Å². The smallest absolute Gasteiger partial charge is 0.399 e. The number of sulfonamides is 1. The van der Waals surface area contributed by atoms with Gasteiger partial charge in [0.2, 0.25) is 10.0 Å². The van der Waals surface area contributed by atoms with Crippen molar-refractivity contribution in [1.29, 1.82) is 5.26 Å². The number of nitriles is 1. The normalized spacial score (nSPS) is 17.8. The molecule has 0 radical (unpaired) electrons. The minimum absolute atomic E-state index is 0.0904. The predicted molar refractivity (Wildman–Crippen MR) is 112 cm³/mol. The van der Waals surface area contributed by atoms with Gasteiger partial charge in [-0.15, -0.1) is 0 Å². The molecule has 1 saturated heterocycles. The van der Waals surface area contributed by atoms with Gasteiger partial charge in [0.15, 0.2) is 0 Å². The Morgan fingerprint density at radius 2 is 1.66 bits per heavy atom. The molecule has 8 heteroatoms. The summed E-state index contributed by atoms with van der Waals surface area (Å²) in [4.78, 5) is 0.0904. The first-order valence-electron chi connectivity index (χ1n) is 9.48. The average molecular weight is 412 g/mol. The van der Waals surface area contributed by atoms with Crippen molar-refractivity contribution >= 4 is 22.6 Å². The molecule has 1 aliphatic heterocycles. The minimum Gasteiger partial charge on any atom is -0.399 e. The lowest BCUT2D eigenvalue weighted by molar-refractivity contribution is 0.00578. The van der Waals surface area contributed by atoms with Gasteiger partial charge in [0, 0.05) is 6.54 Å². The van der Waals surface area contributed by atoms with Crippen LogP contribution in [0.3, 0.4) is 0 Å². The van der Waals surface area contributed by atoms with Crippen LogP contribution in [0.25, 0.3) is 0 Å². The molecule has 29 heavy (non-hydrogen) atoms. The third kappa shape index (κ3) is 4.70. The van der Waals surface area contributed by atoms with E-state index in [1.165, 1.54) is 12.1 Å². The van der Waals surface area contributed by atoms with Gasteiger partial charge in [0.05, 0.1) is 27.7 Å². The summed E-state index contributed by atoms with van der Waals surface area (Å²) < 4.78 is 39.4. The highest BCUT2D eigenvalue weighted by Crippen LogP contribution is 2.36. The van der Waals surface area contributed by atoms with Gasteiger partial charge in [-0.05, 0) is 63.3 Å². The fourth-order valence-electron chi connectivity index (χ4n) is 2.97. The van der Waals surface area contributed by atoms with E-state index in [0.717, 1.165) is 11.0 Å². The summed E-state index contributed by atoms with van der Waals surface area (Å²) in [6.07, 6.45) is 0.542. The summed E-state index contributed by atoms with van der Waals surface area (Å²) in [5, 5.41) is 8.93. The van der Waals surface area contributed by atoms with Crippen molar-refractivity contribution in [2.24, 2.45) is 0 Å². The van der Waals surface area contributed by atoms with Crippen LogP contribution in [0.15, 0.2) is 53.4 Å². The molecule has 152 valence electrons. The second-order valence-corrected chi connectivity index (χ2v) is 9.88. The first kappa shape index (κ1) is 21.5. The van der Waals surface area contributed by atoms with Gasteiger partial charge in [-0.1, -0.05) is 30.3 Å². The Balaban J connectivity index is 1.59. The Morgan fingerprint density at radius 1 is 1.03 bits per heavy atom. The molecule has 0 aromatic heterocycles. The lowest BCUT2D eigenvalue weighted by Gasteiger charge is -2.32. The highest BCUT2D eigenvalue weighted by Gasteiger charge is 2.51. The molecule has 0 atom stereocenters. The number of hydrogen-bond donors (Lipinski definition) is 1. The van der Waals surface area contributed by atoms with Crippen molar-refractivity contribution in [2.75, 3.05) is 6.54 Å². The quantitative estimate of drug-likeness (QED) is 0.736. The van der Waals surface area contributed by atoms with Gasteiger partial charge in [-0.25, -0.2) is 13.1 Å². The fraction of sp³-hybridized carbons (Fsp3) is 0.381. The number of rotatable bonds is 6. The van der Waals surface area contributed by atoms with E-state index in [4.69, 9.17) is 14.6 Å². The van der Waals surface area contributed by atoms with E-state index in [-0.39, 0.29) is 11.4 Å². The minimum atomic E-state index is -3.65. The van der Waals surface area contributed by atoms with Crippen LogP contribution in [0.4, 0.5) is 0 Å². The lowest BCUT2D eigenvalue weighted by Crippen LogP contribution is -2.41. The van der Waals surface area contributed by atoms with Crippen LogP contribution in [-0.2, 0) is 25.8 Å². The Bertz CT molecular complexity index is 1010. The molecule has 2 aromatic carbocycles. The van der Waals surface area contributed by atoms with Gasteiger partial charge in [-0.3, -0.25) is 0 Å².